The van der Waals surface area contributed by atoms with E-state index in [4.69, 9.17) is 0 Å². The Morgan fingerprint density at radius 2 is 2.27 bits per heavy atom. The van der Waals surface area contributed by atoms with Gasteiger partial charge in [-0.05, 0) is 24.6 Å². The van der Waals surface area contributed by atoms with Crippen LogP contribution >= 0.6 is 0 Å². The Hall–Kier alpha value is -2.77. The summed E-state index contributed by atoms with van der Waals surface area (Å²) in [7, 11) is 0. The third-order valence-electron chi connectivity index (χ3n) is 3.18. The highest BCUT2D eigenvalue weighted by atomic mass is 19.1. The molecule has 0 fully saturated rings. The Labute approximate surface area is 125 Å². The molecule has 0 spiro atoms. The van der Waals surface area contributed by atoms with Crippen LogP contribution in [0.2, 0.25) is 0 Å². The van der Waals surface area contributed by atoms with Crippen molar-refractivity contribution in [2.45, 2.75) is 20.4 Å². The van der Waals surface area contributed by atoms with E-state index < -0.39 is 16.7 Å². The maximum absolute atomic E-state index is 13.4. The van der Waals surface area contributed by atoms with Gasteiger partial charge in [-0.15, -0.1) is 0 Å². The minimum atomic E-state index is -0.552. The standard InChI is InChI=1S/C14H15FN4O3/c1-9-3-4-11(5-13(9)15)17-14(20)10(2)7-18-8-12(6-16-18)19(21)22/h3-6,8,10H,7H2,1-2H3,(H,17,20)/t10-/m1/s1. The van der Waals surface area contributed by atoms with Crippen LogP contribution in [0.3, 0.4) is 0 Å². The number of anilines is 1. The third kappa shape index (κ3) is 3.66. The van der Waals surface area contributed by atoms with Crippen LogP contribution in [-0.4, -0.2) is 20.6 Å². The van der Waals surface area contributed by atoms with E-state index in [1.807, 2.05) is 0 Å². The highest BCUT2D eigenvalue weighted by Crippen LogP contribution is 2.15. The Morgan fingerprint density at radius 1 is 1.55 bits per heavy atom. The number of benzene rings is 1. The van der Waals surface area contributed by atoms with Crippen LogP contribution in [0.1, 0.15) is 12.5 Å². The van der Waals surface area contributed by atoms with Gasteiger partial charge in [0, 0.05) is 5.69 Å². The zero-order valence-corrected chi connectivity index (χ0v) is 12.1. The van der Waals surface area contributed by atoms with Crippen LogP contribution in [0.25, 0.3) is 0 Å². The lowest BCUT2D eigenvalue weighted by Crippen LogP contribution is -2.24. The molecule has 8 heteroatoms. The molecule has 0 aliphatic heterocycles. The molecule has 0 radical (unpaired) electrons. The van der Waals surface area contributed by atoms with Gasteiger partial charge in [0.1, 0.15) is 18.2 Å². The van der Waals surface area contributed by atoms with E-state index in [1.165, 1.54) is 16.9 Å². The second-order valence-electron chi connectivity index (χ2n) is 5.03. The van der Waals surface area contributed by atoms with E-state index in [-0.39, 0.29) is 18.1 Å². The van der Waals surface area contributed by atoms with E-state index >= 15 is 0 Å². The number of aromatic nitrogens is 2. The highest BCUT2D eigenvalue weighted by Gasteiger charge is 2.17. The van der Waals surface area contributed by atoms with Crippen LogP contribution in [0.5, 0.6) is 0 Å². The van der Waals surface area contributed by atoms with Crippen LogP contribution in [-0.2, 0) is 11.3 Å². The third-order valence-corrected chi connectivity index (χ3v) is 3.18. The summed E-state index contributed by atoms with van der Waals surface area (Å²) in [5.74, 6) is -1.20. The van der Waals surface area contributed by atoms with Gasteiger partial charge in [-0.25, -0.2) is 4.39 Å². The Balaban J connectivity index is 1.99. The number of nitrogens with zero attached hydrogens (tertiary/aromatic N) is 3. The molecule has 2 aromatic rings. The molecule has 7 nitrogen and oxygen atoms in total. The largest absolute Gasteiger partial charge is 0.326 e. The summed E-state index contributed by atoms with van der Waals surface area (Å²) in [5, 5.41) is 17.0. The normalized spacial score (nSPS) is 12.0. The maximum atomic E-state index is 13.4. The number of amides is 1. The molecule has 0 saturated heterocycles. The molecule has 2 rings (SSSR count). The van der Waals surface area contributed by atoms with Crippen LogP contribution < -0.4 is 5.32 Å². The monoisotopic (exact) mass is 306 g/mol. The van der Waals surface area contributed by atoms with Crippen molar-refractivity contribution in [3.63, 3.8) is 0 Å². The fourth-order valence-corrected chi connectivity index (χ4v) is 1.85. The fourth-order valence-electron chi connectivity index (χ4n) is 1.85. The summed E-state index contributed by atoms with van der Waals surface area (Å²) in [4.78, 5) is 22.1. The van der Waals surface area contributed by atoms with E-state index in [0.29, 0.717) is 11.3 Å². The Bertz CT molecular complexity index is 714. The molecule has 1 aromatic carbocycles. The Morgan fingerprint density at radius 3 is 2.86 bits per heavy atom. The lowest BCUT2D eigenvalue weighted by Gasteiger charge is -2.12. The first-order valence-corrected chi connectivity index (χ1v) is 6.60. The molecule has 1 heterocycles. The van der Waals surface area contributed by atoms with Gasteiger partial charge in [-0.2, -0.15) is 5.10 Å². The van der Waals surface area contributed by atoms with Crippen molar-refractivity contribution in [2.24, 2.45) is 5.92 Å². The number of hydrogen-bond donors (Lipinski definition) is 1. The van der Waals surface area contributed by atoms with Crippen LogP contribution in [0.15, 0.2) is 30.6 Å². The van der Waals surface area contributed by atoms with Crippen molar-refractivity contribution < 1.29 is 14.1 Å². The van der Waals surface area contributed by atoms with Crippen molar-refractivity contribution in [2.75, 3.05) is 5.32 Å². The summed E-state index contributed by atoms with van der Waals surface area (Å²) >= 11 is 0. The maximum Gasteiger partial charge on any atom is 0.306 e. The van der Waals surface area contributed by atoms with E-state index in [2.05, 4.69) is 10.4 Å². The molecule has 0 saturated carbocycles. The molecule has 1 aromatic heterocycles. The van der Waals surface area contributed by atoms with Crippen molar-refractivity contribution in [3.8, 4) is 0 Å². The summed E-state index contributed by atoms with van der Waals surface area (Å²) in [6.07, 6.45) is 2.38. The quantitative estimate of drug-likeness (QED) is 0.679. The van der Waals surface area contributed by atoms with E-state index in [0.717, 1.165) is 6.20 Å². The number of nitro groups is 1. The van der Waals surface area contributed by atoms with Gasteiger partial charge in [0.05, 0.1) is 17.4 Å². The smallest absolute Gasteiger partial charge is 0.306 e. The molecule has 0 bridgehead atoms. The topological polar surface area (TPSA) is 90.1 Å². The first-order chi connectivity index (χ1) is 10.4. The summed E-state index contributed by atoms with van der Waals surface area (Å²) in [6.45, 7) is 3.48. The lowest BCUT2D eigenvalue weighted by molar-refractivity contribution is -0.385. The molecule has 0 unspecified atom stereocenters. The number of carbonyl (C=O) groups is 1. The zero-order valence-electron chi connectivity index (χ0n) is 12.1. The number of rotatable bonds is 5. The van der Waals surface area contributed by atoms with Crippen molar-refractivity contribution in [3.05, 3.63) is 52.1 Å². The van der Waals surface area contributed by atoms with Crippen molar-refractivity contribution in [1.82, 2.24) is 9.78 Å². The van der Waals surface area contributed by atoms with Crippen molar-refractivity contribution >= 4 is 17.3 Å². The summed E-state index contributed by atoms with van der Waals surface area (Å²) < 4.78 is 14.8. The molecular weight excluding hydrogens is 291 g/mol. The van der Waals surface area contributed by atoms with Gasteiger partial charge in [0.15, 0.2) is 0 Å². The highest BCUT2D eigenvalue weighted by molar-refractivity contribution is 5.92. The minimum absolute atomic E-state index is 0.131. The minimum Gasteiger partial charge on any atom is -0.326 e. The van der Waals surface area contributed by atoms with E-state index in [1.54, 1.807) is 26.0 Å². The molecular formula is C14H15FN4O3. The van der Waals surface area contributed by atoms with Gasteiger partial charge >= 0.3 is 5.69 Å². The lowest BCUT2D eigenvalue weighted by atomic mass is 10.1. The predicted molar refractivity (Wildman–Crippen MR) is 77.8 cm³/mol. The Kier molecular flexibility index (Phi) is 4.50. The number of carbonyl (C=O) groups excluding carboxylic acids is 1. The predicted octanol–water partition coefficient (Wildman–Crippen LogP) is 2.51. The SMILES string of the molecule is Cc1ccc(NC(=O)[C@H](C)Cn2cc([N+](=O)[O-])cn2)cc1F. The average molecular weight is 306 g/mol. The first kappa shape index (κ1) is 15.6. The average Bonchev–Trinajstić information content (AvgIpc) is 2.91. The fraction of sp³-hybridized carbons (Fsp3) is 0.286. The van der Waals surface area contributed by atoms with Crippen LogP contribution in [0, 0.1) is 28.8 Å². The molecule has 22 heavy (non-hydrogen) atoms. The second-order valence-corrected chi connectivity index (χ2v) is 5.03. The summed E-state index contributed by atoms with van der Waals surface area (Å²) in [5.41, 5.74) is 0.731. The van der Waals surface area contributed by atoms with Gasteiger partial charge in [0.2, 0.25) is 5.91 Å². The molecule has 1 N–H and O–H groups in total. The zero-order chi connectivity index (χ0) is 16.3. The van der Waals surface area contributed by atoms with Crippen molar-refractivity contribution in [1.29, 1.82) is 0 Å². The number of nitrogens with one attached hydrogen (secondary N) is 1. The van der Waals surface area contributed by atoms with Gasteiger partial charge < -0.3 is 5.32 Å². The van der Waals surface area contributed by atoms with Gasteiger partial charge in [-0.3, -0.25) is 19.6 Å². The first-order valence-electron chi connectivity index (χ1n) is 6.60. The summed E-state index contributed by atoms with van der Waals surface area (Å²) in [6, 6.07) is 4.44. The molecule has 1 atom stereocenters. The van der Waals surface area contributed by atoms with Crippen LogP contribution in [0.4, 0.5) is 15.8 Å². The molecule has 116 valence electrons. The number of hydrogen-bond acceptors (Lipinski definition) is 4. The second kappa shape index (κ2) is 6.33. The van der Waals surface area contributed by atoms with E-state index in [9.17, 15) is 19.3 Å². The molecule has 0 aliphatic rings. The van der Waals surface area contributed by atoms with Gasteiger partial charge in [0.25, 0.3) is 0 Å². The molecule has 0 aliphatic carbocycles. The number of aryl methyl sites for hydroxylation is 1. The molecule has 1 amide bonds. The van der Waals surface area contributed by atoms with Gasteiger partial charge in [-0.1, -0.05) is 13.0 Å². The number of halogens is 1.